The van der Waals surface area contributed by atoms with Crippen LogP contribution < -0.4 is 0 Å². The van der Waals surface area contributed by atoms with Crippen LogP contribution in [0.2, 0.25) is 0 Å². The van der Waals surface area contributed by atoms with Gasteiger partial charge in [0, 0.05) is 41.8 Å². The van der Waals surface area contributed by atoms with Crippen LogP contribution in [0.25, 0.3) is 0 Å². The highest BCUT2D eigenvalue weighted by Crippen LogP contribution is 2.19. The second-order valence-corrected chi connectivity index (χ2v) is 6.89. The fourth-order valence-electron chi connectivity index (χ4n) is 2.80. The molecule has 1 aliphatic heterocycles. The molecule has 0 unspecified atom stereocenters. The minimum absolute atomic E-state index is 0.0656. The molecular formula is C19H19BrN2O2. The van der Waals surface area contributed by atoms with E-state index in [1.807, 2.05) is 30.1 Å². The molecule has 1 aliphatic rings. The molecule has 2 aromatic carbocycles. The van der Waals surface area contributed by atoms with Gasteiger partial charge in [0.1, 0.15) is 0 Å². The lowest BCUT2D eigenvalue weighted by Crippen LogP contribution is -2.47. The molecule has 0 spiro atoms. The molecule has 0 aliphatic carbocycles. The van der Waals surface area contributed by atoms with Gasteiger partial charge in [-0.25, -0.2) is 0 Å². The second-order valence-electron chi connectivity index (χ2n) is 5.98. The summed E-state index contributed by atoms with van der Waals surface area (Å²) in [6, 6.07) is 14.3. The molecule has 1 heterocycles. The Morgan fingerprint density at radius 3 is 2.08 bits per heavy atom. The highest BCUT2D eigenvalue weighted by atomic mass is 79.9. The molecule has 4 nitrogen and oxygen atoms in total. The third kappa shape index (κ3) is 3.57. The summed E-state index contributed by atoms with van der Waals surface area (Å²) in [5.41, 5.74) is 1.52. The van der Waals surface area contributed by atoms with Crippen molar-refractivity contribution in [1.29, 1.82) is 0 Å². The molecule has 1 saturated heterocycles. The third-order valence-electron chi connectivity index (χ3n) is 4.30. The number of halogens is 1. The molecule has 0 aromatic heterocycles. The van der Waals surface area contributed by atoms with Crippen LogP contribution in [0.5, 0.6) is 0 Å². The molecule has 0 N–H and O–H groups in total. The monoisotopic (exact) mass is 386 g/mol. The van der Waals surface area contributed by atoms with Crippen LogP contribution in [-0.2, 0) is 0 Å². The number of likely N-dealkylation sites (N-methyl/N-ethyl adjacent to an activating group) is 1. The van der Waals surface area contributed by atoms with E-state index in [0.717, 1.165) is 17.6 Å². The molecule has 24 heavy (non-hydrogen) atoms. The van der Waals surface area contributed by atoms with Crippen LogP contribution in [-0.4, -0.2) is 54.7 Å². The number of hydrogen-bond acceptors (Lipinski definition) is 3. The number of benzene rings is 2. The standard InChI is InChI=1S/C19H19BrN2O2/c1-21-10-12-22(13-11-21)19(24)17-5-3-2-4-16(17)18(23)14-6-8-15(20)9-7-14/h2-9H,10-13H2,1H3. The van der Waals surface area contributed by atoms with Crippen molar-refractivity contribution in [2.45, 2.75) is 0 Å². The Kier molecular flexibility index (Phi) is 5.11. The van der Waals surface area contributed by atoms with Crippen LogP contribution >= 0.6 is 15.9 Å². The SMILES string of the molecule is CN1CCN(C(=O)c2ccccc2C(=O)c2ccc(Br)cc2)CC1. The van der Waals surface area contributed by atoms with E-state index in [1.54, 1.807) is 30.3 Å². The summed E-state index contributed by atoms with van der Waals surface area (Å²) in [5, 5.41) is 0. The fraction of sp³-hybridized carbons (Fsp3) is 0.263. The number of hydrogen-bond donors (Lipinski definition) is 0. The molecule has 0 atom stereocenters. The minimum Gasteiger partial charge on any atom is -0.336 e. The van der Waals surface area contributed by atoms with Gasteiger partial charge < -0.3 is 9.80 Å². The Bertz CT molecular complexity index is 750. The van der Waals surface area contributed by atoms with Gasteiger partial charge in [-0.3, -0.25) is 9.59 Å². The summed E-state index contributed by atoms with van der Waals surface area (Å²) < 4.78 is 0.917. The first kappa shape index (κ1) is 16.9. The largest absolute Gasteiger partial charge is 0.336 e. The smallest absolute Gasteiger partial charge is 0.254 e. The van der Waals surface area contributed by atoms with E-state index in [4.69, 9.17) is 0 Å². The van der Waals surface area contributed by atoms with Gasteiger partial charge in [0.05, 0.1) is 5.56 Å². The van der Waals surface area contributed by atoms with E-state index < -0.39 is 0 Å². The first-order chi connectivity index (χ1) is 11.6. The van der Waals surface area contributed by atoms with Crippen molar-refractivity contribution in [3.8, 4) is 0 Å². The Labute approximate surface area is 150 Å². The number of carbonyl (C=O) groups excluding carboxylic acids is 2. The molecule has 3 rings (SSSR count). The van der Waals surface area contributed by atoms with Gasteiger partial charge in [0.15, 0.2) is 5.78 Å². The topological polar surface area (TPSA) is 40.6 Å². The van der Waals surface area contributed by atoms with Crippen LogP contribution in [0.4, 0.5) is 0 Å². The summed E-state index contributed by atoms with van der Waals surface area (Å²) in [6.07, 6.45) is 0. The number of carbonyl (C=O) groups is 2. The average molecular weight is 387 g/mol. The number of rotatable bonds is 3. The lowest BCUT2D eigenvalue weighted by Gasteiger charge is -2.32. The second kappa shape index (κ2) is 7.28. The van der Waals surface area contributed by atoms with Crippen molar-refractivity contribution in [2.75, 3.05) is 33.2 Å². The quantitative estimate of drug-likeness (QED) is 0.761. The molecule has 2 aromatic rings. The first-order valence-electron chi connectivity index (χ1n) is 7.93. The lowest BCUT2D eigenvalue weighted by atomic mass is 9.97. The van der Waals surface area contributed by atoms with Gasteiger partial charge in [-0.1, -0.05) is 34.1 Å². The minimum atomic E-state index is -0.124. The maximum absolute atomic E-state index is 12.9. The number of nitrogens with zero attached hydrogens (tertiary/aromatic N) is 2. The Morgan fingerprint density at radius 1 is 0.875 bits per heavy atom. The Balaban J connectivity index is 1.89. The molecule has 0 radical (unpaired) electrons. The molecule has 1 fully saturated rings. The molecular weight excluding hydrogens is 368 g/mol. The number of piperazine rings is 1. The molecule has 1 amide bonds. The molecule has 0 saturated carbocycles. The first-order valence-corrected chi connectivity index (χ1v) is 8.72. The molecule has 0 bridgehead atoms. The fourth-order valence-corrected chi connectivity index (χ4v) is 3.07. The summed E-state index contributed by atoms with van der Waals surface area (Å²) in [5.74, 6) is -0.190. The summed E-state index contributed by atoms with van der Waals surface area (Å²) in [4.78, 5) is 29.7. The number of amides is 1. The van der Waals surface area contributed by atoms with Gasteiger partial charge in [0.25, 0.3) is 5.91 Å². The zero-order valence-electron chi connectivity index (χ0n) is 13.5. The van der Waals surface area contributed by atoms with Gasteiger partial charge in [-0.15, -0.1) is 0 Å². The van der Waals surface area contributed by atoms with Crippen molar-refractivity contribution in [3.05, 3.63) is 69.7 Å². The average Bonchev–Trinajstić information content (AvgIpc) is 2.62. The van der Waals surface area contributed by atoms with Crippen molar-refractivity contribution >= 4 is 27.6 Å². The van der Waals surface area contributed by atoms with E-state index in [9.17, 15) is 9.59 Å². The van der Waals surface area contributed by atoms with E-state index >= 15 is 0 Å². The van der Waals surface area contributed by atoms with Crippen LogP contribution in [0.3, 0.4) is 0 Å². The van der Waals surface area contributed by atoms with Crippen molar-refractivity contribution in [3.63, 3.8) is 0 Å². The highest BCUT2D eigenvalue weighted by molar-refractivity contribution is 9.10. The van der Waals surface area contributed by atoms with Crippen LogP contribution in [0, 0.1) is 0 Å². The van der Waals surface area contributed by atoms with Gasteiger partial charge >= 0.3 is 0 Å². The van der Waals surface area contributed by atoms with Crippen molar-refractivity contribution < 1.29 is 9.59 Å². The predicted molar refractivity (Wildman–Crippen MR) is 97.4 cm³/mol. The van der Waals surface area contributed by atoms with E-state index in [1.165, 1.54) is 0 Å². The van der Waals surface area contributed by atoms with Crippen LogP contribution in [0.15, 0.2) is 53.0 Å². The van der Waals surface area contributed by atoms with E-state index in [-0.39, 0.29) is 11.7 Å². The maximum Gasteiger partial charge on any atom is 0.254 e. The molecule has 5 heteroatoms. The lowest BCUT2D eigenvalue weighted by molar-refractivity contribution is 0.0661. The van der Waals surface area contributed by atoms with Gasteiger partial charge in [-0.05, 0) is 37.4 Å². The third-order valence-corrected chi connectivity index (χ3v) is 4.83. The van der Waals surface area contributed by atoms with Gasteiger partial charge in [-0.2, -0.15) is 0 Å². The normalized spacial score (nSPS) is 15.3. The van der Waals surface area contributed by atoms with Gasteiger partial charge in [0.2, 0.25) is 0 Å². The van der Waals surface area contributed by atoms with Crippen molar-refractivity contribution in [1.82, 2.24) is 9.80 Å². The Morgan fingerprint density at radius 2 is 1.46 bits per heavy atom. The summed E-state index contributed by atoms with van der Waals surface area (Å²) in [7, 11) is 2.05. The maximum atomic E-state index is 12.9. The number of ketones is 1. The highest BCUT2D eigenvalue weighted by Gasteiger charge is 2.24. The Hall–Kier alpha value is -1.98. The molecule has 124 valence electrons. The summed E-state index contributed by atoms with van der Waals surface area (Å²) >= 11 is 3.37. The van der Waals surface area contributed by atoms with E-state index in [0.29, 0.717) is 29.8 Å². The zero-order valence-corrected chi connectivity index (χ0v) is 15.1. The summed E-state index contributed by atoms with van der Waals surface area (Å²) in [6.45, 7) is 3.09. The van der Waals surface area contributed by atoms with E-state index in [2.05, 4.69) is 20.8 Å². The predicted octanol–water partition coefficient (Wildman–Crippen LogP) is 3.07. The van der Waals surface area contributed by atoms with Crippen LogP contribution in [0.1, 0.15) is 26.3 Å². The van der Waals surface area contributed by atoms with Crippen molar-refractivity contribution in [2.24, 2.45) is 0 Å². The zero-order chi connectivity index (χ0) is 17.1.